The lowest BCUT2D eigenvalue weighted by molar-refractivity contribution is -0.0145. The summed E-state index contributed by atoms with van der Waals surface area (Å²) >= 11 is 0. The summed E-state index contributed by atoms with van der Waals surface area (Å²) in [5.74, 6) is 0. The third-order valence-corrected chi connectivity index (χ3v) is 1.95. The average Bonchev–Trinajstić information content (AvgIpc) is 1.95. The molecule has 3 nitrogen and oxygen atoms in total. The maximum Gasteiger partial charge on any atom is 0.201 e. The lowest BCUT2D eigenvalue weighted by Gasteiger charge is -2.33. The zero-order valence-electron chi connectivity index (χ0n) is 6.96. The molecule has 1 aliphatic heterocycles. The van der Waals surface area contributed by atoms with Crippen LogP contribution in [-0.2, 0) is 9.53 Å². The van der Waals surface area contributed by atoms with E-state index in [1.807, 2.05) is 13.2 Å². The molecule has 1 fully saturated rings. The molecule has 0 aromatic carbocycles. The molecule has 1 N–H and O–H groups in total. The van der Waals surface area contributed by atoms with Crippen molar-refractivity contribution in [3.05, 3.63) is 0 Å². The fourth-order valence-corrected chi connectivity index (χ4v) is 1.33. The van der Waals surface area contributed by atoms with Gasteiger partial charge in [0, 0.05) is 18.5 Å². The van der Waals surface area contributed by atoms with Crippen molar-refractivity contribution in [2.45, 2.75) is 38.5 Å². The van der Waals surface area contributed by atoms with Crippen LogP contribution in [0.2, 0.25) is 0 Å². The minimum Gasteiger partial charge on any atom is -0.375 e. The lowest BCUT2D eigenvalue weighted by atomic mass is 10.1. The van der Waals surface area contributed by atoms with Crippen LogP contribution in [0.5, 0.6) is 0 Å². The van der Waals surface area contributed by atoms with E-state index in [4.69, 9.17) is 4.74 Å². The highest BCUT2D eigenvalue weighted by atomic mass is 16.5. The third-order valence-electron chi connectivity index (χ3n) is 1.95. The van der Waals surface area contributed by atoms with E-state index < -0.39 is 0 Å². The van der Waals surface area contributed by atoms with Crippen LogP contribution in [-0.4, -0.2) is 31.1 Å². The zero-order chi connectivity index (χ0) is 8.27. The van der Waals surface area contributed by atoms with E-state index in [2.05, 4.69) is 12.2 Å². The number of morpholine rings is 1. The molecule has 63 valence electrons. The van der Waals surface area contributed by atoms with Crippen LogP contribution in [0.4, 0.5) is 0 Å². The first-order valence-corrected chi connectivity index (χ1v) is 3.96. The SMILES string of the molecule is CC1COC(C[C]=O)C(C)N1. The molecule has 3 heteroatoms. The summed E-state index contributed by atoms with van der Waals surface area (Å²) in [6.45, 7) is 4.78. The maximum absolute atomic E-state index is 10.1. The summed E-state index contributed by atoms with van der Waals surface area (Å²) in [7, 11) is 0. The van der Waals surface area contributed by atoms with Crippen molar-refractivity contribution in [1.29, 1.82) is 0 Å². The second-order valence-electron chi connectivity index (χ2n) is 3.08. The van der Waals surface area contributed by atoms with Crippen LogP contribution in [0.25, 0.3) is 0 Å². The molecule has 0 amide bonds. The van der Waals surface area contributed by atoms with Gasteiger partial charge in [0.25, 0.3) is 0 Å². The zero-order valence-corrected chi connectivity index (χ0v) is 6.96. The average molecular weight is 156 g/mol. The molecule has 0 aliphatic carbocycles. The Kier molecular flexibility index (Phi) is 3.02. The standard InChI is InChI=1S/C8H14NO2/c1-6-5-11-8(3-4-10)7(2)9-6/h6-9H,3,5H2,1-2H3. The van der Waals surface area contributed by atoms with E-state index in [0.29, 0.717) is 19.1 Å². The molecule has 1 rings (SSSR count). The molecule has 0 spiro atoms. The van der Waals surface area contributed by atoms with Gasteiger partial charge in [0.15, 0.2) is 0 Å². The van der Waals surface area contributed by atoms with Crippen LogP contribution < -0.4 is 5.32 Å². The van der Waals surface area contributed by atoms with Crippen LogP contribution >= 0.6 is 0 Å². The predicted molar refractivity (Wildman–Crippen MR) is 42.1 cm³/mol. The molecule has 0 bridgehead atoms. The minimum absolute atomic E-state index is 0.0173. The second-order valence-corrected chi connectivity index (χ2v) is 3.08. The number of hydrogen-bond acceptors (Lipinski definition) is 3. The van der Waals surface area contributed by atoms with Crippen molar-refractivity contribution in [2.24, 2.45) is 0 Å². The summed E-state index contributed by atoms with van der Waals surface area (Å²) in [6, 6.07) is 0.660. The molecule has 11 heavy (non-hydrogen) atoms. The van der Waals surface area contributed by atoms with Crippen LogP contribution in [0, 0.1) is 0 Å². The normalized spacial score (nSPS) is 38.5. The third kappa shape index (κ3) is 2.27. The fourth-order valence-electron chi connectivity index (χ4n) is 1.33. The summed E-state index contributed by atoms with van der Waals surface area (Å²) in [5.41, 5.74) is 0. The second kappa shape index (κ2) is 3.83. The highest BCUT2D eigenvalue weighted by Crippen LogP contribution is 2.09. The van der Waals surface area contributed by atoms with Crippen molar-refractivity contribution in [3.8, 4) is 0 Å². The van der Waals surface area contributed by atoms with Crippen LogP contribution in [0.3, 0.4) is 0 Å². The van der Waals surface area contributed by atoms with E-state index in [1.165, 1.54) is 0 Å². The Bertz CT molecular complexity index is 138. The van der Waals surface area contributed by atoms with E-state index in [0.717, 1.165) is 0 Å². The highest BCUT2D eigenvalue weighted by molar-refractivity contribution is 5.51. The summed E-state index contributed by atoms with van der Waals surface area (Å²) < 4.78 is 5.42. The molecule has 1 heterocycles. The smallest absolute Gasteiger partial charge is 0.201 e. The monoisotopic (exact) mass is 156 g/mol. The Morgan fingerprint density at radius 1 is 1.64 bits per heavy atom. The molecule has 0 aromatic rings. The summed E-state index contributed by atoms with van der Waals surface area (Å²) in [5, 5.41) is 3.31. The molecular weight excluding hydrogens is 142 g/mol. The van der Waals surface area contributed by atoms with E-state index in [9.17, 15) is 4.79 Å². The van der Waals surface area contributed by atoms with E-state index in [-0.39, 0.29) is 12.1 Å². The van der Waals surface area contributed by atoms with Crippen molar-refractivity contribution < 1.29 is 9.53 Å². The van der Waals surface area contributed by atoms with Gasteiger partial charge in [-0.3, -0.25) is 4.79 Å². The molecule has 1 saturated heterocycles. The van der Waals surface area contributed by atoms with Gasteiger partial charge in [0.05, 0.1) is 12.7 Å². The van der Waals surface area contributed by atoms with E-state index in [1.54, 1.807) is 0 Å². The molecule has 0 aromatic heterocycles. The first kappa shape index (κ1) is 8.68. The maximum atomic E-state index is 10.1. The lowest BCUT2D eigenvalue weighted by Crippen LogP contribution is -2.51. The van der Waals surface area contributed by atoms with E-state index >= 15 is 0 Å². The van der Waals surface area contributed by atoms with Gasteiger partial charge in [0.2, 0.25) is 6.29 Å². The van der Waals surface area contributed by atoms with Gasteiger partial charge in [-0.2, -0.15) is 0 Å². The largest absolute Gasteiger partial charge is 0.375 e. The molecule has 1 radical (unpaired) electrons. The highest BCUT2D eigenvalue weighted by Gasteiger charge is 2.24. The van der Waals surface area contributed by atoms with Gasteiger partial charge in [-0.15, -0.1) is 0 Å². The number of carbonyl (C=O) groups excluding carboxylic acids is 1. The van der Waals surface area contributed by atoms with Crippen molar-refractivity contribution in [1.82, 2.24) is 5.32 Å². The first-order chi connectivity index (χ1) is 5.24. The Morgan fingerprint density at radius 2 is 2.36 bits per heavy atom. The Balaban J connectivity index is 2.37. The topological polar surface area (TPSA) is 38.3 Å². The summed E-state index contributed by atoms with van der Waals surface area (Å²) in [6.07, 6.45) is 2.26. The van der Waals surface area contributed by atoms with Gasteiger partial charge in [-0.05, 0) is 13.8 Å². The number of hydrogen-bond donors (Lipinski definition) is 1. The van der Waals surface area contributed by atoms with Crippen molar-refractivity contribution in [3.63, 3.8) is 0 Å². The fraction of sp³-hybridized carbons (Fsp3) is 0.875. The van der Waals surface area contributed by atoms with Crippen molar-refractivity contribution in [2.75, 3.05) is 6.61 Å². The van der Waals surface area contributed by atoms with Crippen LogP contribution in [0.1, 0.15) is 20.3 Å². The van der Waals surface area contributed by atoms with Crippen molar-refractivity contribution >= 4 is 6.29 Å². The Hall–Kier alpha value is -0.410. The molecular formula is C8H14NO2. The quantitative estimate of drug-likeness (QED) is 0.623. The Morgan fingerprint density at radius 3 is 2.91 bits per heavy atom. The molecule has 3 unspecified atom stereocenters. The summed E-state index contributed by atoms with van der Waals surface area (Å²) in [4.78, 5) is 10.1. The Labute approximate surface area is 67.1 Å². The van der Waals surface area contributed by atoms with Gasteiger partial charge in [0.1, 0.15) is 0 Å². The van der Waals surface area contributed by atoms with Crippen LogP contribution in [0.15, 0.2) is 0 Å². The predicted octanol–water partition coefficient (Wildman–Crippen LogP) is 0.252. The molecule has 1 aliphatic rings. The molecule has 3 atom stereocenters. The van der Waals surface area contributed by atoms with Gasteiger partial charge in [-0.25, -0.2) is 0 Å². The first-order valence-electron chi connectivity index (χ1n) is 3.96. The molecule has 0 saturated carbocycles. The minimum atomic E-state index is 0.0173. The number of ether oxygens (including phenoxy) is 1. The van der Waals surface area contributed by atoms with Gasteiger partial charge in [-0.1, -0.05) is 0 Å². The van der Waals surface area contributed by atoms with Gasteiger partial charge < -0.3 is 10.1 Å². The number of nitrogens with one attached hydrogen (secondary N) is 1. The number of rotatable bonds is 2. The van der Waals surface area contributed by atoms with Gasteiger partial charge >= 0.3 is 0 Å².